The Morgan fingerprint density at radius 1 is 1.10 bits per heavy atom. The van der Waals surface area contributed by atoms with Crippen molar-refractivity contribution < 1.29 is 13.2 Å². The Morgan fingerprint density at radius 2 is 1.83 bits per heavy atom. The fourth-order valence-corrected chi connectivity index (χ4v) is 6.35. The van der Waals surface area contributed by atoms with Gasteiger partial charge in [-0.1, -0.05) is 49.1 Å². The summed E-state index contributed by atoms with van der Waals surface area (Å²) in [5.74, 6) is -0.160. The second-order valence-corrected chi connectivity index (χ2v) is 10.0. The van der Waals surface area contributed by atoms with Crippen LogP contribution in [0.2, 0.25) is 5.02 Å². The Bertz CT molecular complexity index is 1030. The number of sulfonamides is 1. The molecule has 1 aliphatic carbocycles. The second-order valence-electron chi connectivity index (χ2n) is 7.81. The third-order valence-corrected chi connectivity index (χ3v) is 8.33. The summed E-state index contributed by atoms with van der Waals surface area (Å²) >= 11 is 6.29. The van der Waals surface area contributed by atoms with Crippen LogP contribution in [0.4, 0.5) is 5.69 Å². The van der Waals surface area contributed by atoms with E-state index in [2.05, 4.69) is 0 Å². The number of benzene rings is 2. The zero-order chi connectivity index (χ0) is 20.6. The van der Waals surface area contributed by atoms with Crippen LogP contribution in [0.5, 0.6) is 0 Å². The van der Waals surface area contributed by atoms with Crippen molar-refractivity contribution in [1.29, 1.82) is 0 Å². The molecule has 0 bridgehead atoms. The van der Waals surface area contributed by atoms with Gasteiger partial charge in [-0.15, -0.1) is 0 Å². The first-order valence-corrected chi connectivity index (χ1v) is 11.9. The molecule has 0 unspecified atom stereocenters. The number of halogens is 1. The van der Waals surface area contributed by atoms with Gasteiger partial charge < -0.3 is 4.90 Å². The van der Waals surface area contributed by atoms with Crippen LogP contribution in [0, 0.1) is 0 Å². The van der Waals surface area contributed by atoms with Crippen LogP contribution >= 0.6 is 11.6 Å². The highest BCUT2D eigenvalue weighted by molar-refractivity contribution is 7.93. The standard InChI is InChI=1S/C22H25ClN2O3S/c1-24(18-8-3-2-4-9-18)22(26)17-11-12-19(23)21(15-17)29(27,28)25-14-13-16-7-5-6-10-20(16)25/h5-7,10-12,15,18H,2-4,8-9,13-14H2,1H3. The highest BCUT2D eigenvalue weighted by Gasteiger charge is 2.33. The molecule has 2 aliphatic rings. The number of anilines is 1. The maximum Gasteiger partial charge on any atom is 0.265 e. The van der Waals surface area contributed by atoms with Gasteiger partial charge in [-0.25, -0.2) is 8.42 Å². The van der Waals surface area contributed by atoms with Gasteiger partial charge in [0.05, 0.1) is 10.7 Å². The molecule has 0 saturated heterocycles. The molecule has 0 radical (unpaired) electrons. The normalized spacial score (nSPS) is 17.2. The monoisotopic (exact) mass is 432 g/mol. The Balaban J connectivity index is 1.66. The summed E-state index contributed by atoms with van der Waals surface area (Å²) in [4.78, 5) is 14.8. The molecule has 1 amide bonds. The molecule has 5 nitrogen and oxygen atoms in total. The number of amides is 1. The predicted molar refractivity (Wildman–Crippen MR) is 115 cm³/mol. The van der Waals surface area contributed by atoms with Crippen LogP contribution in [0.25, 0.3) is 0 Å². The highest BCUT2D eigenvalue weighted by Crippen LogP contribution is 2.35. The Labute approximate surface area is 177 Å². The molecule has 1 heterocycles. The summed E-state index contributed by atoms with van der Waals surface area (Å²) in [6.45, 7) is 0.373. The maximum atomic E-state index is 13.4. The Kier molecular flexibility index (Phi) is 5.58. The van der Waals surface area contributed by atoms with Crippen LogP contribution < -0.4 is 4.31 Å². The number of fused-ring (bicyclic) bond motifs is 1. The third-order valence-electron chi connectivity index (χ3n) is 6.03. The maximum absolute atomic E-state index is 13.4. The van der Waals surface area contributed by atoms with E-state index in [9.17, 15) is 13.2 Å². The van der Waals surface area contributed by atoms with E-state index in [4.69, 9.17) is 11.6 Å². The number of para-hydroxylation sites is 1. The van der Waals surface area contributed by atoms with E-state index in [1.807, 2.05) is 18.2 Å². The van der Waals surface area contributed by atoms with Crippen molar-refractivity contribution in [3.63, 3.8) is 0 Å². The zero-order valence-corrected chi connectivity index (χ0v) is 18.0. The van der Waals surface area contributed by atoms with Gasteiger partial charge in [-0.3, -0.25) is 9.10 Å². The van der Waals surface area contributed by atoms with Crippen LogP contribution in [0.1, 0.15) is 48.0 Å². The van der Waals surface area contributed by atoms with E-state index in [1.54, 1.807) is 24.1 Å². The Hall–Kier alpha value is -2.05. The van der Waals surface area contributed by atoms with Crippen LogP contribution in [-0.4, -0.2) is 38.9 Å². The number of hydrogen-bond acceptors (Lipinski definition) is 3. The van der Waals surface area contributed by atoms with Crippen molar-refractivity contribution in [3.05, 3.63) is 58.6 Å². The minimum atomic E-state index is -3.86. The quantitative estimate of drug-likeness (QED) is 0.714. The Morgan fingerprint density at radius 3 is 2.59 bits per heavy atom. The van der Waals surface area contributed by atoms with Gasteiger partial charge in [0.25, 0.3) is 15.9 Å². The molecule has 0 atom stereocenters. The predicted octanol–water partition coefficient (Wildman–Crippen LogP) is 4.50. The summed E-state index contributed by atoms with van der Waals surface area (Å²) in [7, 11) is -2.06. The fraction of sp³-hybridized carbons (Fsp3) is 0.409. The topological polar surface area (TPSA) is 57.7 Å². The molecule has 2 aromatic carbocycles. The summed E-state index contributed by atoms with van der Waals surface area (Å²) in [5, 5.41) is 0.131. The number of hydrogen-bond donors (Lipinski definition) is 0. The van der Waals surface area contributed by atoms with Crippen molar-refractivity contribution in [3.8, 4) is 0 Å². The first kappa shape index (κ1) is 20.2. The zero-order valence-electron chi connectivity index (χ0n) is 16.5. The summed E-state index contributed by atoms with van der Waals surface area (Å²) < 4.78 is 28.2. The van der Waals surface area contributed by atoms with Crippen LogP contribution in [0.15, 0.2) is 47.4 Å². The molecule has 154 valence electrons. The second kappa shape index (κ2) is 8.00. The van der Waals surface area contributed by atoms with Gasteiger partial charge in [-0.2, -0.15) is 0 Å². The number of carbonyl (C=O) groups excluding carboxylic acids is 1. The average molecular weight is 433 g/mol. The number of carbonyl (C=O) groups is 1. The van der Waals surface area contributed by atoms with E-state index < -0.39 is 10.0 Å². The first-order valence-electron chi connectivity index (χ1n) is 10.1. The van der Waals surface area contributed by atoms with E-state index >= 15 is 0 Å². The molecule has 1 fully saturated rings. The molecule has 29 heavy (non-hydrogen) atoms. The lowest BCUT2D eigenvalue weighted by molar-refractivity contribution is 0.0696. The summed E-state index contributed by atoms with van der Waals surface area (Å²) in [6.07, 6.45) is 6.10. The largest absolute Gasteiger partial charge is 0.339 e. The number of nitrogens with zero attached hydrogens (tertiary/aromatic N) is 2. The SMILES string of the molecule is CN(C(=O)c1ccc(Cl)c(S(=O)(=O)N2CCc3ccccc32)c1)C1CCCCC1. The molecule has 4 rings (SSSR count). The van der Waals surface area contributed by atoms with E-state index in [1.165, 1.54) is 22.9 Å². The lowest BCUT2D eigenvalue weighted by Gasteiger charge is -2.31. The lowest BCUT2D eigenvalue weighted by atomic mass is 9.94. The van der Waals surface area contributed by atoms with Crippen molar-refractivity contribution >= 4 is 33.2 Å². The van der Waals surface area contributed by atoms with Gasteiger partial charge in [0, 0.05) is 25.2 Å². The van der Waals surface area contributed by atoms with Crippen molar-refractivity contribution in [1.82, 2.24) is 4.90 Å². The highest BCUT2D eigenvalue weighted by atomic mass is 35.5. The summed E-state index contributed by atoms with van der Waals surface area (Å²) in [5.41, 5.74) is 2.03. The van der Waals surface area contributed by atoms with Crippen molar-refractivity contribution in [2.75, 3.05) is 17.9 Å². The molecule has 0 spiro atoms. The number of rotatable bonds is 4. The van der Waals surface area contributed by atoms with Crippen molar-refractivity contribution in [2.24, 2.45) is 0 Å². The molecular formula is C22H25ClN2O3S. The van der Waals surface area contributed by atoms with E-state index in [0.717, 1.165) is 31.2 Å². The fourth-order valence-electron chi connectivity index (χ4n) is 4.35. The molecule has 7 heteroatoms. The molecule has 0 aromatic heterocycles. The van der Waals surface area contributed by atoms with Crippen molar-refractivity contribution in [2.45, 2.75) is 49.5 Å². The van der Waals surface area contributed by atoms with Crippen LogP contribution in [-0.2, 0) is 16.4 Å². The van der Waals surface area contributed by atoms with E-state index in [-0.39, 0.29) is 21.9 Å². The van der Waals surface area contributed by atoms with Gasteiger partial charge in [0.2, 0.25) is 0 Å². The minimum Gasteiger partial charge on any atom is -0.339 e. The molecule has 1 aliphatic heterocycles. The first-order chi connectivity index (χ1) is 13.9. The van der Waals surface area contributed by atoms with Crippen LogP contribution in [0.3, 0.4) is 0 Å². The molecule has 1 saturated carbocycles. The lowest BCUT2D eigenvalue weighted by Crippen LogP contribution is -2.38. The van der Waals surface area contributed by atoms with Gasteiger partial charge in [0.15, 0.2) is 0 Å². The van der Waals surface area contributed by atoms with E-state index in [0.29, 0.717) is 24.2 Å². The smallest absolute Gasteiger partial charge is 0.265 e. The van der Waals surface area contributed by atoms with Gasteiger partial charge in [-0.05, 0) is 49.1 Å². The molecule has 2 aromatic rings. The van der Waals surface area contributed by atoms with Gasteiger partial charge in [0.1, 0.15) is 4.90 Å². The van der Waals surface area contributed by atoms with Gasteiger partial charge >= 0.3 is 0 Å². The minimum absolute atomic E-state index is 0.0150. The molecular weight excluding hydrogens is 408 g/mol. The third kappa shape index (κ3) is 3.76. The summed E-state index contributed by atoms with van der Waals surface area (Å²) in [6, 6.07) is 12.2. The average Bonchev–Trinajstić information content (AvgIpc) is 3.18. The molecule has 0 N–H and O–H groups in total.